The topological polar surface area (TPSA) is 35.0 Å². The van der Waals surface area contributed by atoms with E-state index in [0.717, 1.165) is 16.0 Å². The number of rotatable bonds is 2. The molecule has 1 heterocycles. The molecule has 0 saturated carbocycles. The van der Waals surface area contributed by atoms with Gasteiger partial charge in [0, 0.05) is 3.57 Å². The van der Waals surface area contributed by atoms with Gasteiger partial charge in [0.1, 0.15) is 5.75 Å². The Morgan fingerprint density at radius 1 is 1.20 bits per heavy atom. The van der Waals surface area contributed by atoms with Crippen molar-refractivity contribution in [2.24, 2.45) is 0 Å². The number of hydrogen-bond acceptors (Lipinski definition) is 3. The van der Waals surface area contributed by atoms with Crippen LogP contribution in [0.1, 0.15) is 0 Å². The summed E-state index contributed by atoms with van der Waals surface area (Å²) in [6.07, 6.45) is 2.13. The molecular formula is C10H6FIN2O. The highest BCUT2D eigenvalue weighted by molar-refractivity contribution is 14.1. The summed E-state index contributed by atoms with van der Waals surface area (Å²) < 4.78 is 18.9. The summed E-state index contributed by atoms with van der Waals surface area (Å²) in [5.74, 6) is 0.151. The summed E-state index contributed by atoms with van der Waals surface area (Å²) in [6.45, 7) is 0. The van der Waals surface area contributed by atoms with Gasteiger partial charge in [0.25, 0.3) is 0 Å². The normalized spacial score (nSPS) is 10.0. The Balaban J connectivity index is 2.18. The molecule has 0 unspecified atom stereocenters. The molecule has 0 aliphatic carbocycles. The fourth-order valence-electron chi connectivity index (χ4n) is 0.989. The van der Waals surface area contributed by atoms with Crippen molar-refractivity contribution in [2.75, 3.05) is 0 Å². The SMILES string of the molecule is Fc1cnc(Oc2cccc(I)c2)nc1. The molecule has 0 aliphatic heterocycles. The molecule has 2 rings (SSSR count). The van der Waals surface area contributed by atoms with Crippen molar-refractivity contribution in [2.45, 2.75) is 0 Å². The summed E-state index contributed by atoms with van der Waals surface area (Å²) in [5.41, 5.74) is 0. The van der Waals surface area contributed by atoms with Gasteiger partial charge in [-0.05, 0) is 40.8 Å². The molecule has 5 heteroatoms. The highest BCUT2D eigenvalue weighted by Gasteiger charge is 2.00. The molecule has 3 nitrogen and oxygen atoms in total. The Morgan fingerprint density at radius 3 is 2.60 bits per heavy atom. The molecule has 76 valence electrons. The first-order valence-electron chi connectivity index (χ1n) is 4.15. The third kappa shape index (κ3) is 2.85. The first-order chi connectivity index (χ1) is 7.24. The smallest absolute Gasteiger partial charge is 0.322 e. The van der Waals surface area contributed by atoms with E-state index >= 15 is 0 Å². The number of nitrogens with zero attached hydrogens (tertiary/aromatic N) is 2. The van der Waals surface area contributed by atoms with Crippen LogP contribution in [0, 0.1) is 9.39 Å². The standard InChI is InChI=1S/C10H6FIN2O/c11-7-5-13-10(14-6-7)15-9-3-1-2-8(12)4-9/h1-6H. The van der Waals surface area contributed by atoms with Gasteiger partial charge >= 0.3 is 6.01 Å². The van der Waals surface area contributed by atoms with Crippen LogP contribution in [0.5, 0.6) is 11.8 Å². The van der Waals surface area contributed by atoms with Crippen molar-refractivity contribution in [3.8, 4) is 11.8 Å². The van der Waals surface area contributed by atoms with E-state index < -0.39 is 5.82 Å². The van der Waals surface area contributed by atoms with Gasteiger partial charge in [-0.1, -0.05) is 6.07 Å². The van der Waals surface area contributed by atoms with Crippen LogP contribution < -0.4 is 4.74 Å². The van der Waals surface area contributed by atoms with Crippen LogP contribution in [-0.2, 0) is 0 Å². The molecule has 0 fully saturated rings. The fourth-order valence-corrected chi connectivity index (χ4v) is 1.50. The highest BCUT2D eigenvalue weighted by atomic mass is 127. The fraction of sp³-hybridized carbons (Fsp3) is 0. The summed E-state index contributed by atoms with van der Waals surface area (Å²) in [4.78, 5) is 7.38. The lowest BCUT2D eigenvalue weighted by Crippen LogP contribution is -1.92. The molecule has 1 aromatic carbocycles. The molecule has 0 aliphatic rings. The molecule has 0 bridgehead atoms. The van der Waals surface area contributed by atoms with Crippen molar-refractivity contribution in [3.63, 3.8) is 0 Å². The maximum absolute atomic E-state index is 12.5. The van der Waals surface area contributed by atoms with Crippen LogP contribution in [0.15, 0.2) is 36.7 Å². The number of benzene rings is 1. The van der Waals surface area contributed by atoms with E-state index in [1.54, 1.807) is 6.07 Å². The molecule has 15 heavy (non-hydrogen) atoms. The monoisotopic (exact) mass is 316 g/mol. The quantitative estimate of drug-likeness (QED) is 0.799. The largest absolute Gasteiger partial charge is 0.424 e. The molecular weight excluding hydrogens is 310 g/mol. The number of hydrogen-bond donors (Lipinski definition) is 0. The average Bonchev–Trinajstić information content (AvgIpc) is 2.22. The Labute approximate surface area is 99.5 Å². The van der Waals surface area contributed by atoms with Gasteiger partial charge in [0.15, 0.2) is 5.82 Å². The minimum absolute atomic E-state index is 0.137. The Hall–Kier alpha value is -1.24. The van der Waals surface area contributed by atoms with E-state index in [1.165, 1.54) is 0 Å². The summed E-state index contributed by atoms with van der Waals surface area (Å²) in [5, 5.41) is 0. The molecule has 0 radical (unpaired) electrons. The van der Waals surface area contributed by atoms with E-state index in [0.29, 0.717) is 5.75 Å². The first kappa shape index (κ1) is 10.3. The zero-order valence-corrected chi connectivity index (χ0v) is 9.68. The molecule has 0 saturated heterocycles. The van der Waals surface area contributed by atoms with Crippen molar-refractivity contribution < 1.29 is 9.13 Å². The lowest BCUT2D eigenvalue weighted by atomic mass is 10.3. The van der Waals surface area contributed by atoms with Crippen LogP contribution >= 0.6 is 22.6 Å². The maximum atomic E-state index is 12.5. The second-order valence-corrected chi connectivity index (χ2v) is 3.99. The van der Waals surface area contributed by atoms with E-state index in [1.807, 2.05) is 18.2 Å². The van der Waals surface area contributed by atoms with Gasteiger partial charge in [-0.3, -0.25) is 0 Å². The molecule has 0 atom stereocenters. The lowest BCUT2D eigenvalue weighted by molar-refractivity contribution is 0.436. The van der Waals surface area contributed by atoms with Crippen LogP contribution in [0.4, 0.5) is 4.39 Å². The van der Waals surface area contributed by atoms with Crippen molar-refractivity contribution in [1.29, 1.82) is 0 Å². The molecule has 0 spiro atoms. The Kier molecular flexibility index (Phi) is 3.10. The Bertz CT molecular complexity index is 461. The molecule has 0 amide bonds. The number of aromatic nitrogens is 2. The molecule has 0 N–H and O–H groups in total. The van der Waals surface area contributed by atoms with Gasteiger partial charge in [-0.2, -0.15) is 0 Å². The lowest BCUT2D eigenvalue weighted by Gasteiger charge is -2.02. The van der Waals surface area contributed by atoms with Crippen molar-refractivity contribution in [1.82, 2.24) is 9.97 Å². The van der Waals surface area contributed by atoms with Gasteiger partial charge < -0.3 is 4.74 Å². The number of ether oxygens (including phenoxy) is 1. The summed E-state index contributed by atoms with van der Waals surface area (Å²) >= 11 is 2.17. The first-order valence-corrected chi connectivity index (χ1v) is 5.23. The van der Waals surface area contributed by atoms with Gasteiger partial charge in [-0.15, -0.1) is 0 Å². The summed E-state index contributed by atoms with van der Waals surface area (Å²) in [7, 11) is 0. The molecule has 1 aromatic heterocycles. The van der Waals surface area contributed by atoms with Crippen LogP contribution in [-0.4, -0.2) is 9.97 Å². The Morgan fingerprint density at radius 2 is 1.93 bits per heavy atom. The van der Waals surface area contributed by atoms with Crippen molar-refractivity contribution >= 4 is 22.6 Å². The minimum atomic E-state index is -0.481. The van der Waals surface area contributed by atoms with Crippen LogP contribution in [0.3, 0.4) is 0 Å². The van der Waals surface area contributed by atoms with E-state index in [4.69, 9.17) is 4.74 Å². The second-order valence-electron chi connectivity index (χ2n) is 2.74. The molecule has 2 aromatic rings. The maximum Gasteiger partial charge on any atom is 0.322 e. The van der Waals surface area contributed by atoms with Gasteiger partial charge in [0.05, 0.1) is 12.4 Å². The van der Waals surface area contributed by atoms with E-state index in [9.17, 15) is 4.39 Å². The number of halogens is 2. The second kappa shape index (κ2) is 4.52. The predicted octanol–water partition coefficient (Wildman–Crippen LogP) is 3.01. The zero-order chi connectivity index (χ0) is 10.7. The van der Waals surface area contributed by atoms with Crippen molar-refractivity contribution in [3.05, 3.63) is 46.0 Å². The third-order valence-electron chi connectivity index (χ3n) is 1.60. The van der Waals surface area contributed by atoms with Crippen LogP contribution in [0.2, 0.25) is 0 Å². The highest BCUT2D eigenvalue weighted by Crippen LogP contribution is 2.19. The predicted molar refractivity (Wildman–Crippen MR) is 61.2 cm³/mol. The average molecular weight is 316 g/mol. The van der Waals surface area contributed by atoms with E-state index in [-0.39, 0.29) is 6.01 Å². The van der Waals surface area contributed by atoms with E-state index in [2.05, 4.69) is 32.6 Å². The zero-order valence-electron chi connectivity index (χ0n) is 7.52. The van der Waals surface area contributed by atoms with Gasteiger partial charge in [-0.25, -0.2) is 14.4 Å². The van der Waals surface area contributed by atoms with Gasteiger partial charge in [0.2, 0.25) is 0 Å². The summed E-state index contributed by atoms with van der Waals surface area (Å²) in [6, 6.07) is 7.57. The minimum Gasteiger partial charge on any atom is -0.424 e. The van der Waals surface area contributed by atoms with Crippen LogP contribution in [0.25, 0.3) is 0 Å². The third-order valence-corrected chi connectivity index (χ3v) is 2.27.